The van der Waals surface area contributed by atoms with E-state index in [0.29, 0.717) is 18.2 Å². The predicted octanol–water partition coefficient (Wildman–Crippen LogP) is 4.57. The highest BCUT2D eigenvalue weighted by atomic mass is 16.5. The Balaban J connectivity index is 1.36. The summed E-state index contributed by atoms with van der Waals surface area (Å²) >= 11 is 0. The minimum Gasteiger partial charge on any atom is -0.457 e. The fraction of sp³-hybridized carbons (Fsp3) is 0.174. The van der Waals surface area contributed by atoms with Crippen LogP contribution in [0.5, 0.6) is 23.1 Å². The van der Waals surface area contributed by atoms with Gasteiger partial charge in [-0.3, -0.25) is 0 Å². The summed E-state index contributed by atoms with van der Waals surface area (Å²) in [4.78, 5) is 10.5. The average molecular weight is 397 g/mol. The van der Waals surface area contributed by atoms with Gasteiger partial charge in [0.05, 0.1) is 11.6 Å². The third kappa shape index (κ3) is 3.51. The van der Waals surface area contributed by atoms with E-state index in [9.17, 15) is 5.26 Å². The number of likely N-dealkylation sites (tertiary alicyclic amines) is 1. The summed E-state index contributed by atoms with van der Waals surface area (Å²) in [7, 11) is 0. The summed E-state index contributed by atoms with van der Waals surface area (Å²) in [6.45, 7) is 1.52. The molecule has 148 valence electrons. The number of nitriles is 1. The minimum absolute atomic E-state index is 0.202. The second-order valence-electron chi connectivity index (χ2n) is 7.11. The minimum atomic E-state index is 0.202. The van der Waals surface area contributed by atoms with Crippen LogP contribution >= 0.6 is 0 Å². The topological polar surface area (TPSA) is 76.2 Å². The maximum Gasteiger partial charge on any atom is 0.247 e. The van der Waals surface area contributed by atoms with Gasteiger partial charge in [0, 0.05) is 19.3 Å². The van der Waals surface area contributed by atoms with Gasteiger partial charge in [-0.15, -0.1) is 0 Å². The summed E-state index contributed by atoms with van der Waals surface area (Å²) in [5, 5.41) is 9.17. The molecule has 4 aromatic rings. The van der Waals surface area contributed by atoms with E-state index in [1.807, 2.05) is 66.9 Å². The van der Waals surface area contributed by atoms with E-state index >= 15 is 0 Å². The Morgan fingerprint density at radius 2 is 1.67 bits per heavy atom. The lowest BCUT2D eigenvalue weighted by Crippen LogP contribution is -2.46. The van der Waals surface area contributed by atoms with Crippen LogP contribution < -0.4 is 9.47 Å². The zero-order valence-corrected chi connectivity index (χ0v) is 16.2. The van der Waals surface area contributed by atoms with E-state index in [-0.39, 0.29) is 6.04 Å². The van der Waals surface area contributed by atoms with Crippen LogP contribution in [0, 0.1) is 11.5 Å². The Kier molecular flexibility index (Phi) is 4.66. The molecule has 1 unspecified atom stereocenters. The van der Waals surface area contributed by atoms with Crippen molar-refractivity contribution in [3.63, 3.8) is 0 Å². The highest BCUT2D eigenvalue weighted by Gasteiger charge is 2.28. The Labute approximate surface area is 173 Å². The highest BCUT2D eigenvalue weighted by Crippen LogP contribution is 2.30. The quantitative estimate of drug-likeness (QED) is 0.444. The maximum absolute atomic E-state index is 9.17. The van der Waals surface area contributed by atoms with E-state index in [1.165, 1.54) is 6.33 Å². The molecule has 0 N–H and O–H groups in total. The molecule has 2 aromatic heterocycles. The molecule has 2 aromatic carbocycles. The Hall–Kier alpha value is -4.05. The number of para-hydroxylation sites is 1. The van der Waals surface area contributed by atoms with Gasteiger partial charge >= 0.3 is 0 Å². The average Bonchev–Trinajstić information content (AvgIpc) is 3.18. The molecule has 3 heterocycles. The van der Waals surface area contributed by atoms with E-state index in [1.54, 1.807) is 4.90 Å². The number of nitrogens with zero attached hydrogens (tertiary/aromatic N) is 5. The first-order valence-corrected chi connectivity index (χ1v) is 9.77. The van der Waals surface area contributed by atoms with Crippen molar-refractivity contribution in [3.8, 4) is 29.3 Å². The molecule has 0 bridgehead atoms. The molecule has 1 saturated heterocycles. The zero-order chi connectivity index (χ0) is 20.3. The molecule has 1 aliphatic heterocycles. The zero-order valence-electron chi connectivity index (χ0n) is 16.2. The van der Waals surface area contributed by atoms with Crippen molar-refractivity contribution in [1.29, 1.82) is 5.26 Å². The van der Waals surface area contributed by atoms with Crippen molar-refractivity contribution in [3.05, 3.63) is 73.2 Å². The molecule has 0 saturated carbocycles. The van der Waals surface area contributed by atoms with Crippen molar-refractivity contribution in [2.45, 2.75) is 19.0 Å². The van der Waals surface area contributed by atoms with Crippen LogP contribution in [0.2, 0.25) is 0 Å². The van der Waals surface area contributed by atoms with Gasteiger partial charge in [-0.25, -0.2) is 4.98 Å². The van der Waals surface area contributed by atoms with Crippen molar-refractivity contribution in [1.82, 2.24) is 19.4 Å². The molecule has 1 atom stereocenters. The van der Waals surface area contributed by atoms with Crippen LogP contribution in [0.15, 0.2) is 73.2 Å². The van der Waals surface area contributed by atoms with Gasteiger partial charge in [-0.1, -0.05) is 18.2 Å². The van der Waals surface area contributed by atoms with Crippen molar-refractivity contribution < 1.29 is 9.47 Å². The van der Waals surface area contributed by atoms with E-state index in [2.05, 4.69) is 20.7 Å². The lowest BCUT2D eigenvalue weighted by atomic mass is 10.0. The summed E-state index contributed by atoms with van der Waals surface area (Å²) in [5.41, 5.74) is 1.64. The molecule has 0 aliphatic carbocycles. The summed E-state index contributed by atoms with van der Waals surface area (Å²) in [6, 6.07) is 19.2. The molecule has 7 nitrogen and oxygen atoms in total. The van der Waals surface area contributed by atoms with Gasteiger partial charge in [-0.05, 0) is 48.9 Å². The third-order valence-corrected chi connectivity index (χ3v) is 5.21. The van der Waals surface area contributed by atoms with E-state index < -0.39 is 0 Å². The van der Waals surface area contributed by atoms with Gasteiger partial charge in [0.2, 0.25) is 5.88 Å². The molecule has 5 rings (SSSR count). The largest absolute Gasteiger partial charge is 0.457 e. The first-order valence-electron chi connectivity index (χ1n) is 9.77. The Morgan fingerprint density at radius 1 is 0.933 bits per heavy atom. The number of rotatable bonds is 6. The number of hydrogen-bond acceptors (Lipinski definition) is 6. The smallest absolute Gasteiger partial charge is 0.247 e. The van der Waals surface area contributed by atoms with Crippen molar-refractivity contribution in [2.24, 2.45) is 0 Å². The summed E-state index contributed by atoms with van der Waals surface area (Å²) in [6.07, 6.45) is 6.70. The second-order valence-corrected chi connectivity index (χ2v) is 7.11. The number of ether oxygens (including phenoxy) is 2. The Morgan fingerprint density at radius 3 is 2.37 bits per heavy atom. The molecule has 0 spiro atoms. The van der Waals surface area contributed by atoms with Crippen LogP contribution in [-0.2, 0) is 6.54 Å². The summed E-state index contributed by atoms with van der Waals surface area (Å²) in [5.74, 6) is 2.66. The molecular weight excluding hydrogens is 378 g/mol. The van der Waals surface area contributed by atoms with Gasteiger partial charge in [0.1, 0.15) is 29.1 Å². The van der Waals surface area contributed by atoms with E-state index in [0.717, 1.165) is 35.5 Å². The number of hydrogen-bond donors (Lipinski definition) is 0. The predicted molar refractivity (Wildman–Crippen MR) is 111 cm³/mol. The van der Waals surface area contributed by atoms with Gasteiger partial charge in [-0.2, -0.15) is 10.2 Å². The fourth-order valence-corrected chi connectivity index (χ4v) is 3.53. The third-order valence-electron chi connectivity index (χ3n) is 5.21. The highest BCUT2D eigenvalue weighted by molar-refractivity contribution is 5.80. The van der Waals surface area contributed by atoms with Gasteiger partial charge < -0.3 is 18.9 Å². The molecule has 1 fully saturated rings. The van der Waals surface area contributed by atoms with Crippen LogP contribution in [0.3, 0.4) is 0 Å². The number of benzene rings is 2. The SMILES string of the molecule is N#CN1CCC1Cn1ccc2ncnc(Oc3ccc(Oc4ccccc4)cc3)c21. The molecule has 0 radical (unpaired) electrons. The summed E-state index contributed by atoms with van der Waals surface area (Å²) < 4.78 is 14.0. The number of fused-ring (bicyclic) bond motifs is 1. The van der Waals surface area contributed by atoms with Crippen LogP contribution in [0.4, 0.5) is 0 Å². The van der Waals surface area contributed by atoms with Crippen LogP contribution in [0.25, 0.3) is 11.0 Å². The fourth-order valence-electron chi connectivity index (χ4n) is 3.53. The standard InChI is InChI=1S/C23H19N5O2/c24-15-28-12-10-17(28)14-27-13-11-21-22(27)23(26-16-25-21)30-20-8-6-19(7-9-20)29-18-4-2-1-3-5-18/h1-9,11,13,16-17H,10,12,14H2. The Bertz CT molecular complexity index is 1200. The van der Waals surface area contributed by atoms with Gasteiger partial charge in [0.15, 0.2) is 6.19 Å². The van der Waals surface area contributed by atoms with Crippen LogP contribution in [-0.4, -0.2) is 32.0 Å². The van der Waals surface area contributed by atoms with Crippen molar-refractivity contribution in [2.75, 3.05) is 6.54 Å². The van der Waals surface area contributed by atoms with Crippen LogP contribution in [0.1, 0.15) is 6.42 Å². The normalized spacial score (nSPS) is 15.4. The lowest BCUT2D eigenvalue weighted by Gasteiger charge is -2.36. The lowest BCUT2D eigenvalue weighted by molar-refractivity contribution is 0.148. The van der Waals surface area contributed by atoms with E-state index in [4.69, 9.17) is 9.47 Å². The molecule has 7 heteroatoms. The molecule has 0 amide bonds. The molecule has 1 aliphatic rings. The first-order chi connectivity index (χ1) is 14.8. The maximum atomic E-state index is 9.17. The number of aromatic nitrogens is 3. The monoisotopic (exact) mass is 397 g/mol. The molecule has 30 heavy (non-hydrogen) atoms. The van der Waals surface area contributed by atoms with Gasteiger partial charge in [0.25, 0.3) is 0 Å². The molecular formula is C23H19N5O2. The van der Waals surface area contributed by atoms with Crippen molar-refractivity contribution >= 4 is 11.0 Å². The second kappa shape index (κ2) is 7.76. The first kappa shape index (κ1) is 18.0.